The number of benzene rings is 2. The molecule has 2 aromatic carbocycles. The van der Waals surface area contributed by atoms with E-state index in [1.807, 2.05) is 31.2 Å². The fourth-order valence-electron chi connectivity index (χ4n) is 3.79. The van der Waals surface area contributed by atoms with Gasteiger partial charge in [0.15, 0.2) is 0 Å². The van der Waals surface area contributed by atoms with Crippen LogP contribution in [0.2, 0.25) is 0 Å². The molecule has 0 unspecified atom stereocenters. The van der Waals surface area contributed by atoms with Gasteiger partial charge in [0.2, 0.25) is 11.8 Å². The topological polar surface area (TPSA) is 98.7 Å². The molecule has 6 heteroatoms. The van der Waals surface area contributed by atoms with Crippen LogP contribution in [-0.2, 0) is 22.6 Å². The van der Waals surface area contributed by atoms with E-state index in [1.54, 1.807) is 24.3 Å². The summed E-state index contributed by atoms with van der Waals surface area (Å²) in [5, 5.41) is 25.6. The van der Waals surface area contributed by atoms with E-state index < -0.39 is 12.1 Å². The zero-order valence-corrected chi connectivity index (χ0v) is 16.6. The summed E-state index contributed by atoms with van der Waals surface area (Å²) in [6, 6.07) is 14.0. The molecule has 1 aliphatic carbocycles. The van der Waals surface area contributed by atoms with Gasteiger partial charge in [-0.05, 0) is 55.0 Å². The molecule has 0 aliphatic heterocycles. The number of aromatic hydroxyl groups is 1. The van der Waals surface area contributed by atoms with Crippen molar-refractivity contribution in [3.05, 3.63) is 65.2 Å². The maximum absolute atomic E-state index is 12.6. The maximum atomic E-state index is 12.6. The Balaban J connectivity index is 1.53. The summed E-state index contributed by atoms with van der Waals surface area (Å²) in [6.45, 7) is 2.48. The molecule has 0 saturated heterocycles. The lowest BCUT2D eigenvalue weighted by Gasteiger charge is -2.33. The molecule has 4 N–H and O–H groups in total. The Hall–Kier alpha value is -2.86. The van der Waals surface area contributed by atoms with Gasteiger partial charge in [0.25, 0.3) is 0 Å². The third-order valence-corrected chi connectivity index (χ3v) is 5.52. The SMILES string of the molecule is Cc1ccccc1CNC(=O)[C@H]1CC[C@@H](O)[C@H](NC(=O)Cc2cccc(O)c2)C1. The standard InChI is InChI=1S/C23H28N2O4/c1-15-5-2-3-7-18(15)14-24-23(29)17-9-10-21(27)20(13-17)25-22(28)12-16-6-4-8-19(26)11-16/h2-8,11,17,20-21,26-27H,9-10,12-14H2,1H3,(H,24,29)(H,25,28)/t17-,20+,21+/m0/s1. The molecule has 0 spiro atoms. The van der Waals surface area contributed by atoms with E-state index in [0.717, 1.165) is 11.1 Å². The molecule has 2 amide bonds. The molecule has 6 nitrogen and oxygen atoms in total. The van der Waals surface area contributed by atoms with Crippen LogP contribution in [0.3, 0.4) is 0 Å². The number of rotatable bonds is 6. The van der Waals surface area contributed by atoms with Crippen LogP contribution in [0.25, 0.3) is 0 Å². The van der Waals surface area contributed by atoms with Gasteiger partial charge < -0.3 is 20.8 Å². The summed E-state index contributed by atoms with van der Waals surface area (Å²) in [7, 11) is 0. The lowest BCUT2D eigenvalue weighted by atomic mass is 9.83. The second kappa shape index (κ2) is 9.56. The molecule has 0 aromatic heterocycles. The molecule has 3 atom stereocenters. The lowest BCUT2D eigenvalue weighted by molar-refractivity contribution is -0.129. The third kappa shape index (κ3) is 5.81. The first kappa shape index (κ1) is 20.9. The van der Waals surface area contributed by atoms with Gasteiger partial charge in [-0.1, -0.05) is 36.4 Å². The molecule has 1 saturated carbocycles. The van der Waals surface area contributed by atoms with Crippen molar-refractivity contribution in [2.75, 3.05) is 0 Å². The summed E-state index contributed by atoms with van der Waals surface area (Å²) in [6.07, 6.45) is 0.927. The van der Waals surface area contributed by atoms with Gasteiger partial charge in [-0.15, -0.1) is 0 Å². The van der Waals surface area contributed by atoms with Crippen LogP contribution >= 0.6 is 0 Å². The molecule has 154 valence electrons. The van der Waals surface area contributed by atoms with Gasteiger partial charge in [-0.2, -0.15) is 0 Å². The van der Waals surface area contributed by atoms with E-state index in [1.165, 1.54) is 0 Å². The van der Waals surface area contributed by atoms with Crippen molar-refractivity contribution in [3.63, 3.8) is 0 Å². The molecule has 3 rings (SSSR count). The predicted octanol–water partition coefficient (Wildman–Crippen LogP) is 2.21. The fourth-order valence-corrected chi connectivity index (χ4v) is 3.79. The minimum absolute atomic E-state index is 0.0487. The Bertz CT molecular complexity index is 867. The highest BCUT2D eigenvalue weighted by Gasteiger charge is 2.33. The van der Waals surface area contributed by atoms with Gasteiger partial charge in [-0.3, -0.25) is 9.59 Å². The number of hydrogen-bond acceptors (Lipinski definition) is 4. The van der Waals surface area contributed by atoms with Crippen LogP contribution in [-0.4, -0.2) is 34.2 Å². The first-order valence-corrected chi connectivity index (χ1v) is 10.00. The summed E-state index contributed by atoms with van der Waals surface area (Å²) in [5.74, 6) is -0.417. The highest BCUT2D eigenvalue weighted by molar-refractivity contribution is 5.80. The number of aliphatic hydroxyl groups is 1. The van der Waals surface area contributed by atoms with Crippen LogP contribution < -0.4 is 10.6 Å². The molecule has 1 fully saturated rings. The summed E-state index contributed by atoms with van der Waals surface area (Å²) < 4.78 is 0. The molecule has 0 bridgehead atoms. The Kier molecular flexibility index (Phi) is 6.88. The van der Waals surface area contributed by atoms with Gasteiger partial charge in [-0.25, -0.2) is 0 Å². The predicted molar refractivity (Wildman–Crippen MR) is 110 cm³/mol. The first-order valence-electron chi connectivity index (χ1n) is 10.00. The normalized spacial score (nSPS) is 21.4. The monoisotopic (exact) mass is 396 g/mol. The number of phenolic OH excluding ortho intramolecular Hbond substituents is 1. The zero-order valence-electron chi connectivity index (χ0n) is 16.6. The van der Waals surface area contributed by atoms with Crippen LogP contribution in [0.1, 0.15) is 36.0 Å². The smallest absolute Gasteiger partial charge is 0.224 e. The van der Waals surface area contributed by atoms with Crippen molar-refractivity contribution in [1.82, 2.24) is 10.6 Å². The Morgan fingerprint density at radius 3 is 2.66 bits per heavy atom. The largest absolute Gasteiger partial charge is 0.508 e. The van der Waals surface area contributed by atoms with E-state index >= 15 is 0 Å². The maximum Gasteiger partial charge on any atom is 0.224 e. The van der Waals surface area contributed by atoms with Crippen LogP contribution in [0.15, 0.2) is 48.5 Å². The number of nitrogens with one attached hydrogen (secondary N) is 2. The number of carbonyl (C=O) groups is 2. The van der Waals surface area contributed by atoms with Crippen molar-refractivity contribution >= 4 is 11.8 Å². The van der Waals surface area contributed by atoms with E-state index in [9.17, 15) is 19.8 Å². The van der Waals surface area contributed by atoms with Crippen molar-refractivity contribution in [1.29, 1.82) is 0 Å². The third-order valence-electron chi connectivity index (χ3n) is 5.52. The van der Waals surface area contributed by atoms with Gasteiger partial charge in [0.05, 0.1) is 18.6 Å². The highest BCUT2D eigenvalue weighted by Crippen LogP contribution is 2.25. The first-order chi connectivity index (χ1) is 13.9. The minimum Gasteiger partial charge on any atom is -0.508 e. The van der Waals surface area contributed by atoms with Gasteiger partial charge in [0, 0.05) is 12.5 Å². The number of phenols is 1. The molecule has 0 radical (unpaired) electrons. The van der Waals surface area contributed by atoms with Crippen molar-refractivity contribution in [3.8, 4) is 5.75 Å². The molecule has 0 heterocycles. The molecular formula is C23H28N2O4. The van der Waals surface area contributed by atoms with Crippen LogP contribution in [0.4, 0.5) is 0 Å². The molecule has 2 aromatic rings. The Morgan fingerprint density at radius 2 is 1.90 bits per heavy atom. The summed E-state index contributed by atoms with van der Waals surface area (Å²) >= 11 is 0. The highest BCUT2D eigenvalue weighted by atomic mass is 16.3. The number of hydrogen-bond donors (Lipinski definition) is 4. The minimum atomic E-state index is -0.663. The lowest BCUT2D eigenvalue weighted by Crippen LogP contribution is -2.49. The quantitative estimate of drug-likeness (QED) is 0.602. The van der Waals surface area contributed by atoms with Gasteiger partial charge in [0.1, 0.15) is 5.75 Å². The van der Waals surface area contributed by atoms with Crippen molar-refractivity contribution in [2.45, 2.75) is 51.3 Å². The average molecular weight is 396 g/mol. The number of carbonyl (C=O) groups excluding carboxylic acids is 2. The van der Waals surface area contributed by atoms with E-state index in [0.29, 0.717) is 31.4 Å². The molecule has 1 aliphatic rings. The van der Waals surface area contributed by atoms with E-state index in [4.69, 9.17) is 0 Å². The molecular weight excluding hydrogens is 368 g/mol. The van der Waals surface area contributed by atoms with Gasteiger partial charge >= 0.3 is 0 Å². The van der Waals surface area contributed by atoms with Crippen LogP contribution in [0, 0.1) is 12.8 Å². The number of aliphatic hydroxyl groups excluding tert-OH is 1. The van der Waals surface area contributed by atoms with Crippen molar-refractivity contribution < 1.29 is 19.8 Å². The van der Waals surface area contributed by atoms with E-state index in [-0.39, 0.29) is 29.9 Å². The Morgan fingerprint density at radius 1 is 1.10 bits per heavy atom. The number of aryl methyl sites for hydroxylation is 1. The summed E-state index contributed by atoms with van der Waals surface area (Å²) in [4.78, 5) is 25.0. The second-order valence-electron chi connectivity index (χ2n) is 7.74. The fraction of sp³-hybridized carbons (Fsp3) is 0.391. The van der Waals surface area contributed by atoms with Crippen LogP contribution in [0.5, 0.6) is 5.75 Å². The number of amides is 2. The van der Waals surface area contributed by atoms with E-state index in [2.05, 4.69) is 10.6 Å². The second-order valence-corrected chi connectivity index (χ2v) is 7.74. The zero-order chi connectivity index (χ0) is 20.8. The average Bonchev–Trinajstić information content (AvgIpc) is 2.69. The Labute approximate surface area is 171 Å². The summed E-state index contributed by atoms with van der Waals surface area (Å²) in [5.41, 5.74) is 2.90. The van der Waals surface area contributed by atoms with Crippen molar-refractivity contribution in [2.24, 2.45) is 5.92 Å². The molecule has 29 heavy (non-hydrogen) atoms.